The SMILES string of the molecule is CC(C)c1ccccc1[C@H]1CCCN1C1CC2(CCN(c3ccc(C(=O)NS(=O)(=O)c4cc5c(c([N+](=O)[O-])c4)N[C@@H]([C@H]4CC[C@](C)(O)CC4)CO5)c(Oc4cc5cc[nH]c5nc4OC[C@@H]4COCCN4C)c3)CC2)C1. The molecule has 1 spiro atoms. The third-order valence-electron chi connectivity index (χ3n) is 17.3. The maximum Gasteiger partial charge on any atom is 0.297 e. The minimum Gasteiger partial charge on any atom is -0.489 e. The molecule has 1 amide bonds. The number of pyridine rings is 1. The zero-order chi connectivity index (χ0) is 52.2. The van der Waals surface area contributed by atoms with Crippen LogP contribution in [0, 0.1) is 21.4 Å². The summed E-state index contributed by atoms with van der Waals surface area (Å²) in [6.45, 7) is 11.3. The Morgan fingerprint density at radius 2 is 1.77 bits per heavy atom. The molecule has 0 unspecified atom stereocenters. The largest absolute Gasteiger partial charge is 0.489 e. The van der Waals surface area contributed by atoms with E-state index < -0.39 is 37.0 Å². The van der Waals surface area contributed by atoms with Crippen molar-refractivity contribution in [2.75, 3.05) is 69.9 Å². The Balaban J connectivity index is 0.847. The number of aliphatic hydroxyl groups is 1. The van der Waals surface area contributed by atoms with Crippen LogP contribution in [-0.2, 0) is 14.8 Å². The van der Waals surface area contributed by atoms with Crippen LogP contribution in [-0.4, -0.2) is 128 Å². The molecule has 2 aliphatic carbocycles. The van der Waals surface area contributed by atoms with E-state index in [4.69, 9.17) is 23.9 Å². The number of morpholine rings is 1. The molecule has 18 nitrogen and oxygen atoms in total. The van der Waals surface area contributed by atoms with Crippen LogP contribution in [0.15, 0.2) is 77.8 Å². The van der Waals surface area contributed by atoms with Crippen LogP contribution in [0.1, 0.15) is 118 Å². The van der Waals surface area contributed by atoms with Crippen LogP contribution >= 0.6 is 0 Å². The summed E-state index contributed by atoms with van der Waals surface area (Å²) in [5.41, 5.74) is 3.30. The molecule has 19 heteroatoms. The molecule has 4 N–H and O–H groups in total. The number of likely N-dealkylation sites (tertiary alicyclic amines) is 1. The minimum atomic E-state index is -4.73. The number of nitro groups is 1. The van der Waals surface area contributed by atoms with E-state index in [0.717, 1.165) is 56.2 Å². The number of anilines is 2. The number of rotatable bonds is 14. The van der Waals surface area contributed by atoms with E-state index in [0.29, 0.717) is 62.5 Å². The fourth-order valence-electron chi connectivity index (χ4n) is 12.7. The van der Waals surface area contributed by atoms with Gasteiger partial charge in [-0.25, -0.2) is 13.1 Å². The quantitative estimate of drug-likeness (QED) is 0.0604. The molecule has 0 bridgehead atoms. The number of hydrogen-bond donors (Lipinski definition) is 4. The van der Waals surface area contributed by atoms with E-state index in [2.05, 4.69) is 67.8 Å². The van der Waals surface area contributed by atoms with Crippen molar-refractivity contribution in [1.29, 1.82) is 0 Å². The summed E-state index contributed by atoms with van der Waals surface area (Å²) in [5, 5.41) is 27.0. The van der Waals surface area contributed by atoms with Crippen LogP contribution in [0.3, 0.4) is 0 Å². The number of fused-ring (bicyclic) bond motifs is 2. The minimum absolute atomic E-state index is 0.0102. The summed E-state index contributed by atoms with van der Waals surface area (Å²) >= 11 is 0. The molecular weight excluding hydrogens is 977 g/mol. The Bertz CT molecular complexity index is 3050. The number of aromatic amines is 1. The number of carbonyl (C=O) groups is 1. The third kappa shape index (κ3) is 10.5. The molecule has 75 heavy (non-hydrogen) atoms. The fourth-order valence-corrected chi connectivity index (χ4v) is 13.7. The lowest BCUT2D eigenvalue weighted by molar-refractivity contribution is -0.384. The van der Waals surface area contributed by atoms with Gasteiger partial charge in [0, 0.05) is 67.2 Å². The molecule has 3 aromatic carbocycles. The van der Waals surface area contributed by atoms with Gasteiger partial charge in [-0.15, -0.1) is 0 Å². The molecule has 2 saturated carbocycles. The van der Waals surface area contributed by atoms with Crippen molar-refractivity contribution in [1.82, 2.24) is 24.5 Å². The highest BCUT2D eigenvalue weighted by Crippen LogP contribution is 2.55. The zero-order valence-electron chi connectivity index (χ0n) is 43.4. The van der Waals surface area contributed by atoms with Crippen molar-refractivity contribution in [2.24, 2.45) is 11.3 Å². The van der Waals surface area contributed by atoms with Crippen LogP contribution in [0.2, 0.25) is 0 Å². The number of nitrogens with one attached hydrogen (secondary N) is 3. The average Bonchev–Trinajstić information content (AvgIpc) is 4.07. The van der Waals surface area contributed by atoms with Gasteiger partial charge in [0.05, 0.1) is 46.3 Å². The number of likely N-dealkylation sites (N-methyl/N-ethyl adjacent to an activating group) is 1. The number of H-pyrrole nitrogens is 1. The third-order valence-corrected chi connectivity index (χ3v) is 18.6. The monoisotopic (exact) mass is 1050 g/mol. The average molecular weight is 1050 g/mol. The molecule has 4 aliphatic heterocycles. The summed E-state index contributed by atoms with van der Waals surface area (Å²) in [5.74, 6) is 0.0226. The predicted molar refractivity (Wildman–Crippen MR) is 285 cm³/mol. The van der Waals surface area contributed by atoms with Gasteiger partial charge in [-0.1, -0.05) is 38.1 Å². The Morgan fingerprint density at radius 3 is 2.53 bits per heavy atom. The lowest BCUT2D eigenvalue weighted by atomic mass is 9.59. The van der Waals surface area contributed by atoms with E-state index in [1.807, 2.05) is 26.1 Å². The van der Waals surface area contributed by atoms with Gasteiger partial charge in [0.15, 0.2) is 17.2 Å². The van der Waals surface area contributed by atoms with Gasteiger partial charge in [0.1, 0.15) is 24.6 Å². The van der Waals surface area contributed by atoms with E-state index in [-0.39, 0.29) is 71.0 Å². The first-order chi connectivity index (χ1) is 36.0. The number of nitrogens with zero attached hydrogens (tertiary/aromatic N) is 5. The summed E-state index contributed by atoms with van der Waals surface area (Å²) in [6.07, 6.45) is 11.1. The molecule has 6 heterocycles. The number of carbonyl (C=O) groups excluding carboxylic acids is 1. The highest BCUT2D eigenvalue weighted by atomic mass is 32.2. The molecule has 3 atom stereocenters. The number of hydrogen-bond acceptors (Lipinski definition) is 15. The van der Waals surface area contributed by atoms with E-state index in [1.54, 1.807) is 24.4 Å². The number of piperidine rings is 1. The number of ether oxygens (including phenoxy) is 4. The number of amides is 1. The van der Waals surface area contributed by atoms with Crippen LogP contribution < -0.4 is 29.1 Å². The van der Waals surface area contributed by atoms with Crippen LogP contribution in [0.5, 0.6) is 23.1 Å². The highest BCUT2D eigenvalue weighted by Gasteiger charge is 2.50. The van der Waals surface area contributed by atoms with Crippen molar-refractivity contribution < 1.29 is 42.2 Å². The van der Waals surface area contributed by atoms with E-state index in [9.17, 15) is 28.4 Å². The van der Waals surface area contributed by atoms with Gasteiger partial charge in [-0.2, -0.15) is 4.98 Å². The van der Waals surface area contributed by atoms with Crippen molar-refractivity contribution in [3.05, 3.63) is 99.7 Å². The van der Waals surface area contributed by atoms with Gasteiger partial charge in [0.25, 0.3) is 27.5 Å². The van der Waals surface area contributed by atoms with Gasteiger partial charge in [0.2, 0.25) is 0 Å². The number of benzene rings is 3. The summed E-state index contributed by atoms with van der Waals surface area (Å²) in [4.78, 5) is 41.0. The van der Waals surface area contributed by atoms with Crippen molar-refractivity contribution >= 4 is 44.0 Å². The lowest BCUT2D eigenvalue weighted by Crippen LogP contribution is -2.54. The Morgan fingerprint density at radius 1 is 0.987 bits per heavy atom. The summed E-state index contributed by atoms with van der Waals surface area (Å²) in [7, 11) is -2.72. The summed E-state index contributed by atoms with van der Waals surface area (Å²) < 4.78 is 55.5. The van der Waals surface area contributed by atoms with E-state index in [1.165, 1.54) is 42.9 Å². The van der Waals surface area contributed by atoms with E-state index >= 15 is 0 Å². The maximum atomic E-state index is 14.5. The van der Waals surface area contributed by atoms with Crippen molar-refractivity contribution in [2.45, 2.75) is 126 Å². The molecule has 11 rings (SSSR count). The predicted octanol–water partition coefficient (Wildman–Crippen LogP) is 8.92. The second-order valence-electron chi connectivity index (χ2n) is 22.6. The molecule has 5 aromatic rings. The smallest absolute Gasteiger partial charge is 0.297 e. The lowest BCUT2D eigenvalue weighted by Gasteiger charge is -2.56. The Hall–Kier alpha value is -5.99. The number of aromatic nitrogens is 2. The highest BCUT2D eigenvalue weighted by molar-refractivity contribution is 7.90. The normalized spacial score (nSPS) is 25.3. The van der Waals surface area contributed by atoms with Crippen LogP contribution in [0.25, 0.3) is 11.0 Å². The van der Waals surface area contributed by atoms with Crippen LogP contribution in [0.4, 0.5) is 17.1 Å². The summed E-state index contributed by atoms with van der Waals surface area (Å²) in [6, 6.07) is 20.6. The Kier molecular flexibility index (Phi) is 14.0. The molecule has 2 aromatic heterocycles. The first kappa shape index (κ1) is 51.1. The Labute approximate surface area is 438 Å². The standard InChI is InChI=1S/C56H70N8O10S/c1-35(2)42-8-5-6-9-43(42)46-10-7-21-63(46)39-30-56(31-39)18-22-62(23-19-56)38-11-12-44(48(27-38)74-50-26-37-15-20-57-52(37)59-54(50)73-33-40-32-71-25-24-61(40)4)53(65)60-75(69,70)41-28-47(64(67)68)51-49(29-41)72-34-45(58-51)36-13-16-55(3,66)17-14-36/h5-6,8-9,11-12,15,20,26-29,35-36,39-40,45-46,58,66H,7,10,13-14,16-19,21-25,30-34H2,1-4H3,(H,57,59)(H,60,65)/t36-,40-,45+,46+,55-/m0/s1. The van der Waals surface area contributed by atoms with Gasteiger partial charge in [-0.3, -0.25) is 24.7 Å². The molecule has 400 valence electrons. The molecule has 6 aliphatic rings. The maximum absolute atomic E-state index is 14.5. The fraction of sp³-hybridized carbons (Fsp3) is 0.536. The van der Waals surface area contributed by atoms with Crippen molar-refractivity contribution in [3.8, 4) is 23.1 Å². The number of nitro benzene ring substituents is 1. The van der Waals surface area contributed by atoms with Gasteiger partial charge < -0.3 is 39.3 Å². The molecule has 3 saturated heterocycles. The molecular formula is C56H70N8O10S. The molecule has 0 radical (unpaired) electrons. The second-order valence-corrected chi connectivity index (χ2v) is 24.3. The van der Waals surface area contributed by atoms with Gasteiger partial charge >= 0.3 is 0 Å². The first-order valence-corrected chi connectivity index (χ1v) is 28.3. The van der Waals surface area contributed by atoms with Gasteiger partial charge in [-0.05, 0) is 137 Å². The molecule has 5 fully saturated rings. The first-order valence-electron chi connectivity index (χ1n) is 26.8. The zero-order valence-corrected chi connectivity index (χ0v) is 44.2. The second kappa shape index (κ2) is 20.5. The topological polar surface area (TPSA) is 214 Å². The number of sulfonamides is 1. The van der Waals surface area contributed by atoms with Crippen molar-refractivity contribution in [3.63, 3.8) is 0 Å².